The first kappa shape index (κ1) is 9.27. The van der Waals surface area contributed by atoms with E-state index in [1.54, 1.807) is 0 Å². The molecule has 1 aromatic heterocycles. The molecular formula is C10H14N2O2. The zero-order valence-corrected chi connectivity index (χ0v) is 8.12. The number of methoxy groups -OCH3 is 1. The normalized spacial score (nSPS) is 20.1. The van der Waals surface area contributed by atoms with Crippen molar-refractivity contribution in [2.75, 3.05) is 7.11 Å². The van der Waals surface area contributed by atoms with Gasteiger partial charge in [-0.3, -0.25) is 4.79 Å². The van der Waals surface area contributed by atoms with Crippen molar-refractivity contribution in [3.63, 3.8) is 0 Å². The maximum atomic E-state index is 11.5. The highest BCUT2D eigenvalue weighted by atomic mass is 16.5. The number of H-pyrrole nitrogens is 1. The molecule has 3 N–H and O–H groups in total. The molecule has 0 aliphatic heterocycles. The molecule has 1 aromatic rings. The minimum Gasteiger partial charge on any atom is -0.469 e. The summed E-state index contributed by atoms with van der Waals surface area (Å²) in [6.07, 6.45) is 3.45. The minimum absolute atomic E-state index is 0.195. The van der Waals surface area contributed by atoms with Crippen LogP contribution in [-0.2, 0) is 9.53 Å². The number of hydrogen-bond donors (Lipinski definition) is 2. The Labute approximate surface area is 82.4 Å². The Kier molecular flexibility index (Phi) is 2.07. The van der Waals surface area contributed by atoms with Gasteiger partial charge in [-0.05, 0) is 25.0 Å². The fourth-order valence-corrected chi connectivity index (χ4v) is 1.82. The Morgan fingerprint density at radius 1 is 1.71 bits per heavy atom. The van der Waals surface area contributed by atoms with E-state index in [2.05, 4.69) is 4.98 Å². The molecule has 0 bridgehead atoms. The standard InChI is InChI=1S/C10H14N2O2/c1-14-9(13)10(4-5-10)8(11)7-3-2-6-12-7/h2-3,6,8,12H,4-5,11H2,1H3. The number of nitrogens with two attached hydrogens (primary N) is 1. The van der Waals surface area contributed by atoms with Crippen molar-refractivity contribution in [3.05, 3.63) is 24.0 Å². The highest BCUT2D eigenvalue weighted by molar-refractivity contribution is 5.81. The molecule has 4 nitrogen and oxygen atoms in total. The number of esters is 1. The smallest absolute Gasteiger partial charge is 0.313 e. The molecule has 76 valence electrons. The summed E-state index contributed by atoms with van der Waals surface area (Å²) in [6.45, 7) is 0. The molecule has 2 rings (SSSR count). The fourth-order valence-electron chi connectivity index (χ4n) is 1.82. The number of ether oxygens (including phenoxy) is 1. The molecule has 1 aliphatic carbocycles. The summed E-state index contributed by atoms with van der Waals surface area (Å²) in [7, 11) is 1.41. The molecule has 1 heterocycles. The fraction of sp³-hybridized carbons (Fsp3) is 0.500. The molecule has 0 radical (unpaired) electrons. The van der Waals surface area contributed by atoms with E-state index in [4.69, 9.17) is 10.5 Å². The topological polar surface area (TPSA) is 68.1 Å². The summed E-state index contributed by atoms with van der Waals surface area (Å²) in [6, 6.07) is 3.50. The van der Waals surface area contributed by atoms with E-state index in [1.807, 2.05) is 18.3 Å². The summed E-state index contributed by atoms with van der Waals surface area (Å²) in [5.41, 5.74) is 6.45. The van der Waals surface area contributed by atoms with E-state index in [1.165, 1.54) is 7.11 Å². The highest BCUT2D eigenvalue weighted by Crippen LogP contribution is 2.54. The van der Waals surface area contributed by atoms with Crippen molar-refractivity contribution in [3.8, 4) is 0 Å². The maximum Gasteiger partial charge on any atom is 0.313 e. The first-order valence-corrected chi connectivity index (χ1v) is 4.68. The summed E-state index contributed by atoms with van der Waals surface area (Å²) in [4.78, 5) is 14.5. The van der Waals surface area contributed by atoms with Crippen LogP contribution in [0.4, 0.5) is 0 Å². The Morgan fingerprint density at radius 3 is 2.86 bits per heavy atom. The van der Waals surface area contributed by atoms with Crippen LogP contribution in [0.3, 0.4) is 0 Å². The lowest BCUT2D eigenvalue weighted by molar-refractivity contribution is -0.148. The van der Waals surface area contributed by atoms with Gasteiger partial charge in [-0.15, -0.1) is 0 Å². The van der Waals surface area contributed by atoms with Crippen LogP contribution in [-0.4, -0.2) is 18.1 Å². The van der Waals surface area contributed by atoms with Crippen LogP contribution < -0.4 is 5.73 Å². The predicted molar refractivity (Wildman–Crippen MR) is 51.4 cm³/mol. The second-order valence-electron chi connectivity index (χ2n) is 3.75. The van der Waals surface area contributed by atoms with Gasteiger partial charge in [0.25, 0.3) is 0 Å². The molecular weight excluding hydrogens is 180 g/mol. The van der Waals surface area contributed by atoms with Crippen molar-refractivity contribution >= 4 is 5.97 Å². The van der Waals surface area contributed by atoms with Gasteiger partial charge in [0.1, 0.15) is 0 Å². The van der Waals surface area contributed by atoms with Crippen molar-refractivity contribution in [2.45, 2.75) is 18.9 Å². The number of aromatic amines is 1. The van der Waals surface area contributed by atoms with Gasteiger partial charge in [0.15, 0.2) is 0 Å². The van der Waals surface area contributed by atoms with Crippen LogP contribution in [0.1, 0.15) is 24.6 Å². The Balaban J connectivity index is 2.19. The average molecular weight is 194 g/mol. The molecule has 0 saturated heterocycles. The number of hydrogen-bond acceptors (Lipinski definition) is 3. The zero-order valence-electron chi connectivity index (χ0n) is 8.12. The molecule has 0 aromatic carbocycles. The third-order valence-electron chi connectivity index (χ3n) is 2.93. The molecule has 14 heavy (non-hydrogen) atoms. The SMILES string of the molecule is COC(=O)C1(C(N)c2ccc[nH]2)CC1. The number of rotatable bonds is 3. The minimum atomic E-state index is -0.473. The molecule has 1 atom stereocenters. The van der Waals surface area contributed by atoms with Gasteiger partial charge in [-0.1, -0.05) is 0 Å². The summed E-state index contributed by atoms with van der Waals surface area (Å²) < 4.78 is 4.76. The summed E-state index contributed by atoms with van der Waals surface area (Å²) in [5, 5.41) is 0. The van der Waals surface area contributed by atoms with Crippen molar-refractivity contribution in [1.82, 2.24) is 4.98 Å². The molecule has 1 unspecified atom stereocenters. The third-order valence-corrected chi connectivity index (χ3v) is 2.93. The molecule has 0 amide bonds. The van der Waals surface area contributed by atoms with Crippen molar-refractivity contribution in [1.29, 1.82) is 0 Å². The molecule has 1 fully saturated rings. The Hall–Kier alpha value is -1.29. The second-order valence-corrected chi connectivity index (χ2v) is 3.75. The maximum absolute atomic E-state index is 11.5. The summed E-state index contributed by atoms with van der Waals surface area (Å²) in [5.74, 6) is -0.195. The van der Waals surface area contributed by atoms with Gasteiger partial charge in [0, 0.05) is 11.9 Å². The van der Waals surface area contributed by atoms with Crippen LogP contribution in [0.2, 0.25) is 0 Å². The van der Waals surface area contributed by atoms with Gasteiger partial charge in [0.2, 0.25) is 0 Å². The highest BCUT2D eigenvalue weighted by Gasteiger charge is 2.56. The van der Waals surface area contributed by atoms with E-state index in [0.29, 0.717) is 0 Å². The number of carbonyl (C=O) groups excluding carboxylic acids is 1. The largest absolute Gasteiger partial charge is 0.469 e. The molecule has 4 heteroatoms. The van der Waals surface area contributed by atoms with E-state index < -0.39 is 5.41 Å². The monoisotopic (exact) mass is 194 g/mol. The lowest BCUT2D eigenvalue weighted by Gasteiger charge is -2.19. The van der Waals surface area contributed by atoms with Crippen LogP contribution in [0.15, 0.2) is 18.3 Å². The first-order chi connectivity index (χ1) is 6.70. The van der Waals surface area contributed by atoms with Gasteiger partial charge >= 0.3 is 5.97 Å². The lowest BCUT2D eigenvalue weighted by atomic mass is 9.95. The Morgan fingerprint density at radius 2 is 2.43 bits per heavy atom. The second kappa shape index (κ2) is 3.13. The number of aromatic nitrogens is 1. The Bertz CT molecular complexity index is 328. The van der Waals surface area contributed by atoms with Gasteiger partial charge in [-0.2, -0.15) is 0 Å². The zero-order chi connectivity index (χ0) is 10.2. The average Bonchev–Trinajstić information content (AvgIpc) is 2.84. The van der Waals surface area contributed by atoms with E-state index in [9.17, 15) is 4.79 Å². The van der Waals surface area contributed by atoms with Crippen molar-refractivity contribution < 1.29 is 9.53 Å². The number of carbonyl (C=O) groups is 1. The van der Waals surface area contributed by atoms with Crippen LogP contribution in [0.5, 0.6) is 0 Å². The van der Waals surface area contributed by atoms with E-state index in [0.717, 1.165) is 18.5 Å². The van der Waals surface area contributed by atoms with E-state index in [-0.39, 0.29) is 12.0 Å². The quantitative estimate of drug-likeness (QED) is 0.704. The number of nitrogens with one attached hydrogen (secondary N) is 1. The van der Waals surface area contributed by atoms with Gasteiger partial charge < -0.3 is 15.5 Å². The first-order valence-electron chi connectivity index (χ1n) is 4.68. The van der Waals surface area contributed by atoms with Crippen LogP contribution in [0.25, 0.3) is 0 Å². The van der Waals surface area contributed by atoms with E-state index >= 15 is 0 Å². The predicted octanol–water partition coefficient (Wildman–Crippen LogP) is 0.968. The van der Waals surface area contributed by atoms with Gasteiger partial charge in [0.05, 0.1) is 18.6 Å². The van der Waals surface area contributed by atoms with Crippen LogP contribution in [0, 0.1) is 5.41 Å². The molecule has 0 spiro atoms. The van der Waals surface area contributed by atoms with Crippen molar-refractivity contribution in [2.24, 2.45) is 11.1 Å². The van der Waals surface area contributed by atoms with Crippen LogP contribution >= 0.6 is 0 Å². The molecule has 1 aliphatic rings. The molecule has 1 saturated carbocycles. The van der Waals surface area contributed by atoms with Gasteiger partial charge in [-0.25, -0.2) is 0 Å². The lowest BCUT2D eigenvalue weighted by Crippen LogP contribution is -2.31. The summed E-state index contributed by atoms with van der Waals surface area (Å²) >= 11 is 0. The third kappa shape index (κ3) is 1.23.